The first-order valence-electron chi connectivity index (χ1n) is 10.7. The SMILES string of the molecule is Cc1cccc(NC(=O)COc2ccc(Br)cc2C=Nc2ccc(Oc3ccccc3)cc2)c1. The van der Waals surface area contributed by atoms with Crippen molar-refractivity contribution in [1.29, 1.82) is 0 Å². The Kier molecular flexibility index (Phi) is 7.73. The number of para-hydroxylation sites is 1. The molecular formula is C28H23BrN2O3. The molecule has 0 bridgehead atoms. The van der Waals surface area contributed by atoms with E-state index in [1.165, 1.54) is 0 Å². The Morgan fingerprint density at radius 2 is 1.68 bits per heavy atom. The third kappa shape index (κ3) is 6.80. The number of ether oxygens (including phenoxy) is 2. The van der Waals surface area contributed by atoms with E-state index in [-0.39, 0.29) is 12.5 Å². The molecule has 0 aromatic heterocycles. The van der Waals surface area contributed by atoms with Crippen molar-refractivity contribution in [3.8, 4) is 17.2 Å². The highest BCUT2D eigenvalue weighted by atomic mass is 79.9. The lowest BCUT2D eigenvalue weighted by molar-refractivity contribution is -0.118. The average Bonchev–Trinajstić information content (AvgIpc) is 2.84. The number of hydrogen-bond donors (Lipinski definition) is 1. The molecule has 0 radical (unpaired) electrons. The van der Waals surface area contributed by atoms with Crippen LogP contribution >= 0.6 is 15.9 Å². The quantitative estimate of drug-likeness (QED) is 0.250. The lowest BCUT2D eigenvalue weighted by Crippen LogP contribution is -2.20. The Balaban J connectivity index is 1.40. The number of carbonyl (C=O) groups is 1. The molecule has 0 atom stereocenters. The normalized spacial score (nSPS) is 10.8. The lowest BCUT2D eigenvalue weighted by Gasteiger charge is -2.10. The van der Waals surface area contributed by atoms with Crippen LogP contribution in [0.25, 0.3) is 0 Å². The molecule has 4 rings (SSSR count). The summed E-state index contributed by atoms with van der Waals surface area (Å²) in [6.07, 6.45) is 1.71. The van der Waals surface area contributed by atoms with Crippen LogP contribution in [0.2, 0.25) is 0 Å². The van der Waals surface area contributed by atoms with Crippen LogP contribution in [0.4, 0.5) is 11.4 Å². The zero-order valence-electron chi connectivity index (χ0n) is 18.6. The fourth-order valence-electron chi connectivity index (χ4n) is 3.18. The fraction of sp³-hybridized carbons (Fsp3) is 0.0714. The third-order valence-electron chi connectivity index (χ3n) is 4.80. The van der Waals surface area contributed by atoms with E-state index < -0.39 is 0 Å². The lowest BCUT2D eigenvalue weighted by atomic mass is 10.2. The number of halogens is 1. The smallest absolute Gasteiger partial charge is 0.262 e. The molecule has 1 amide bonds. The highest BCUT2D eigenvalue weighted by Gasteiger charge is 2.08. The van der Waals surface area contributed by atoms with Crippen molar-refractivity contribution in [2.75, 3.05) is 11.9 Å². The predicted molar refractivity (Wildman–Crippen MR) is 140 cm³/mol. The highest BCUT2D eigenvalue weighted by molar-refractivity contribution is 9.10. The van der Waals surface area contributed by atoms with Gasteiger partial charge in [0.25, 0.3) is 5.91 Å². The molecule has 34 heavy (non-hydrogen) atoms. The summed E-state index contributed by atoms with van der Waals surface area (Å²) in [6, 6.07) is 30.3. The molecule has 0 spiro atoms. The van der Waals surface area contributed by atoms with E-state index in [4.69, 9.17) is 9.47 Å². The van der Waals surface area contributed by atoms with Crippen LogP contribution in [0.5, 0.6) is 17.2 Å². The van der Waals surface area contributed by atoms with Crippen LogP contribution in [-0.2, 0) is 4.79 Å². The van der Waals surface area contributed by atoms with Crippen molar-refractivity contribution in [3.05, 3.63) is 113 Å². The van der Waals surface area contributed by atoms with E-state index in [0.717, 1.165) is 38.5 Å². The maximum absolute atomic E-state index is 12.3. The number of carbonyl (C=O) groups excluding carboxylic acids is 1. The van der Waals surface area contributed by atoms with Crippen molar-refractivity contribution < 1.29 is 14.3 Å². The maximum Gasteiger partial charge on any atom is 0.262 e. The van der Waals surface area contributed by atoms with Crippen molar-refractivity contribution in [1.82, 2.24) is 0 Å². The summed E-state index contributed by atoms with van der Waals surface area (Å²) < 4.78 is 12.5. The van der Waals surface area contributed by atoms with Crippen LogP contribution < -0.4 is 14.8 Å². The second-order valence-electron chi connectivity index (χ2n) is 7.56. The summed E-state index contributed by atoms with van der Waals surface area (Å²) in [4.78, 5) is 16.9. The van der Waals surface area contributed by atoms with Gasteiger partial charge in [0.05, 0.1) is 5.69 Å². The Morgan fingerprint density at radius 3 is 2.44 bits per heavy atom. The minimum absolute atomic E-state index is 0.109. The number of hydrogen-bond acceptors (Lipinski definition) is 4. The van der Waals surface area contributed by atoms with E-state index in [2.05, 4.69) is 26.2 Å². The molecule has 1 N–H and O–H groups in total. The van der Waals surface area contributed by atoms with Crippen LogP contribution in [0.3, 0.4) is 0 Å². The summed E-state index contributed by atoms with van der Waals surface area (Å²) in [7, 11) is 0. The van der Waals surface area contributed by atoms with Gasteiger partial charge in [0.2, 0.25) is 0 Å². The molecule has 0 heterocycles. The monoisotopic (exact) mass is 514 g/mol. The van der Waals surface area contributed by atoms with Crippen molar-refractivity contribution >= 4 is 39.4 Å². The van der Waals surface area contributed by atoms with E-state index >= 15 is 0 Å². The molecule has 4 aromatic carbocycles. The van der Waals surface area contributed by atoms with Gasteiger partial charge < -0.3 is 14.8 Å². The Bertz CT molecular complexity index is 1290. The second kappa shape index (κ2) is 11.3. The standard InChI is InChI=1S/C28H23BrN2O3/c1-20-6-5-7-24(16-20)31-28(32)19-33-27-15-10-22(29)17-21(27)18-30-23-11-13-26(14-12-23)34-25-8-3-2-4-9-25/h2-18H,19H2,1H3,(H,31,32). The molecule has 4 aromatic rings. The van der Waals surface area contributed by atoms with Gasteiger partial charge in [-0.3, -0.25) is 9.79 Å². The number of amides is 1. The summed E-state index contributed by atoms with van der Waals surface area (Å²) >= 11 is 3.48. The molecule has 170 valence electrons. The Labute approximate surface area is 207 Å². The zero-order valence-corrected chi connectivity index (χ0v) is 20.2. The molecule has 5 nitrogen and oxygen atoms in total. The number of aliphatic imine (C=N–C) groups is 1. The first-order chi connectivity index (χ1) is 16.5. The van der Waals surface area contributed by atoms with Gasteiger partial charge in [-0.25, -0.2) is 0 Å². The molecular weight excluding hydrogens is 492 g/mol. The number of rotatable bonds is 8. The molecule has 0 saturated heterocycles. The third-order valence-corrected chi connectivity index (χ3v) is 5.29. The molecule has 0 unspecified atom stereocenters. The second-order valence-corrected chi connectivity index (χ2v) is 8.47. The number of benzene rings is 4. The highest BCUT2D eigenvalue weighted by Crippen LogP contribution is 2.25. The van der Waals surface area contributed by atoms with Crippen LogP contribution in [0, 0.1) is 6.92 Å². The summed E-state index contributed by atoms with van der Waals surface area (Å²) in [5.74, 6) is 1.85. The van der Waals surface area contributed by atoms with E-state index in [0.29, 0.717) is 5.75 Å². The zero-order chi connectivity index (χ0) is 23.8. The summed E-state index contributed by atoms with van der Waals surface area (Å²) in [6.45, 7) is 1.87. The molecule has 0 fully saturated rings. The van der Waals surface area contributed by atoms with Gasteiger partial charge in [-0.05, 0) is 79.2 Å². The summed E-state index contributed by atoms with van der Waals surface area (Å²) in [5, 5.41) is 2.85. The minimum Gasteiger partial charge on any atom is -0.483 e. The van der Waals surface area contributed by atoms with Crippen molar-refractivity contribution in [2.45, 2.75) is 6.92 Å². The molecule has 0 aliphatic rings. The fourth-order valence-corrected chi connectivity index (χ4v) is 3.56. The van der Waals surface area contributed by atoms with Crippen LogP contribution in [-0.4, -0.2) is 18.7 Å². The minimum atomic E-state index is -0.231. The van der Waals surface area contributed by atoms with Gasteiger partial charge in [0.1, 0.15) is 17.2 Å². The number of nitrogens with zero attached hydrogens (tertiary/aromatic N) is 1. The average molecular weight is 515 g/mol. The van der Waals surface area contributed by atoms with Gasteiger partial charge in [-0.1, -0.05) is 46.3 Å². The van der Waals surface area contributed by atoms with Crippen molar-refractivity contribution in [3.63, 3.8) is 0 Å². The predicted octanol–water partition coefficient (Wildman–Crippen LogP) is 7.32. The molecule has 0 saturated carbocycles. The van der Waals surface area contributed by atoms with Crippen molar-refractivity contribution in [2.24, 2.45) is 4.99 Å². The number of nitrogens with one attached hydrogen (secondary N) is 1. The van der Waals surface area contributed by atoms with Gasteiger partial charge in [0.15, 0.2) is 6.61 Å². The van der Waals surface area contributed by atoms with Gasteiger partial charge in [-0.15, -0.1) is 0 Å². The number of aryl methyl sites for hydroxylation is 1. The van der Waals surface area contributed by atoms with E-state index in [1.54, 1.807) is 6.21 Å². The van der Waals surface area contributed by atoms with Crippen LogP contribution in [0.1, 0.15) is 11.1 Å². The van der Waals surface area contributed by atoms with Crippen LogP contribution in [0.15, 0.2) is 107 Å². The Hall–Kier alpha value is -3.90. The Morgan fingerprint density at radius 1 is 0.912 bits per heavy atom. The number of anilines is 1. The molecule has 6 heteroatoms. The topological polar surface area (TPSA) is 59.9 Å². The molecule has 0 aliphatic heterocycles. The van der Waals surface area contributed by atoms with E-state index in [9.17, 15) is 4.79 Å². The summed E-state index contributed by atoms with van der Waals surface area (Å²) in [5.41, 5.74) is 3.33. The first kappa shape index (κ1) is 23.3. The van der Waals surface area contributed by atoms with Gasteiger partial charge in [-0.2, -0.15) is 0 Å². The van der Waals surface area contributed by atoms with E-state index in [1.807, 2.05) is 104 Å². The van der Waals surface area contributed by atoms with Gasteiger partial charge >= 0.3 is 0 Å². The van der Waals surface area contributed by atoms with Gasteiger partial charge in [0, 0.05) is 21.9 Å². The first-order valence-corrected chi connectivity index (χ1v) is 11.5. The molecule has 0 aliphatic carbocycles. The maximum atomic E-state index is 12.3. The largest absolute Gasteiger partial charge is 0.483 e.